The summed E-state index contributed by atoms with van der Waals surface area (Å²) in [6, 6.07) is 7.03. The number of methoxy groups -OCH3 is 1. The molecule has 2 rings (SSSR count). The maximum Gasteiger partial charge on any atom is 0.314 e. The van der Waals surface area contributed by atoms with Gasteiger partial charge in [0, 0.05) is 13.1 Å². The zero-order valence-electron chi connectivity index (χ0n) is 11.0. The van der Waals surface area contributed by atoms with Crippen LogP contribution in [0.2, 0.25) is 0 Å². The van der Waals surface area contributed by atoms with Gasteiger partial charge in [0.1, 0.15) is 5.75 Å². The number of carbonyl (C=O) groups excluding carboxylic acids is 2. The van der Waals surface area contributed by atoms with E-state index in [1.807, 2.05) is 0 Å². The lowest BCUT2D eigenvalue weighted by molar-refractivity contribution is -0.143. The maximum atomic E-state index is 12.0. The molecule has 102 valence electrons. The molecular weight excluding hydrogens is 244 g/mol. The van der Waals surface area contributed by atoms with Crippen LogP contribution < -0.4 is 10.1 Å². The molecule has 0 spiro atoms. The molecule has 2 amide bonds. The first-order chi connectivity index (χ1) is 9.22. The molecule has 1 aliphatic heterocycles. The van der Waals surface area contributed by atoms with Crippen LogP contribution in [0.4, 0.5) is 5.69 Å². The molecule has 0 aliphatic carbocycles. The number of ether oxygens (including phenoxy) is 1. The van der Waals surface area contributed by atoms with Crippen molar-refractivity contribution in [3.8, 4) is 5.75 Å². The SMILES string of the molecule is COc1ccccc1NC(=O)C(=O)N1CCCCC1. The molecule has 1 aromatic carbocycles. The molecule has 5 nitrogen and oxygen atoms in total. The van der Waals surface area contributed by atoms with E-state index >= 15 is 0 Å². The fraction of sp³-hybridized carbons (Fsp3) is 0.429. The summed E-state index contributed by atoms with van der Waals surface area (Å²) in [5, 5.41) is 2.60. The quantitative estimate of drug-likeness (QED) is 0.824. The van der Waals surface area contributed by atoms with Gasteiger partial charge in [0.2, 0.25) is 0 Å². The molecule has 1 fully saturated rings. The summed E-state index contributed by atoms with van der Waals surface area (Å²) in [4.78, 5) is 25.5. The zero-order chi connectivity index (χ0) is 13.7. The predicted octanol–water partition coefficient (Wildman–Crippen LogP) is 1.65. The van der Waals surface area contributed by atoms with E-state index in [2.05, 4.69) is 5.32 Å². The molecule has 0 saturated carbocycles. The van der Waals surface area contributed by atoms with Gasteiger partial charge in [0.25, 0.3) is 0 Å². The number of benzene rings is 1. The Morgan fingerprint density at radius 1 is 1.16 bits per heavy atom. The highest BCUT2D eigenvalue weighted by molar-refractivity contribution is 6.39. The number of piperidine rings is 1. The minimum atomic E-state index is -0.605. The van der Waals surface area contributed by atoms with Crippen molar-refractivity contribution in [3.63, 3.8) is 0 Å². The molecule has 1 aliphatic rings. The molecule has 1 heterocycles. The molecule has 1 N–H and O–H groups in total. The van der Waals surface area contributed by atoms with Crippen molar-refractivity contribution >= 4 is 17.5 Å². The van der Waals surface area contributed by atoms with Crippen LogP contribution in [0.15, 0.2) is 24.3 Å². The first-order valence-corrected chi connectivity index (χ1v) is 6.45. The van der Waals surface area contributed by atoms with E-state index in [1.165, 1.54) is 7.11 Å². The van der Waals surface area contributed by atoms with Crippen molar-refractivity contribution in [2.45, 2.75) is 19.3 Å². The maximum absolute atomic E-state index is 12.0. The van der Waals surface area contributed by atoms with Gasteiger partial charge in [0.05, 0.1) is 12.8 Å². The second-order valence-corrected chi connectivity index (χ2v) is 4.51. The third-order valence-corrected chi connectivity index (χ3v) is 3.19. The van der Waals surface area contributed by atoms with Gasteiger partial charge in [-0.25, -0.2) is 0 Å². The van der Waals surface area contributed by atoms with E-state index in [0.717, 1.165) is 19.3 Å². The molecule has 0 unspecified atom stereocenters. The molecule has 1 saturated heterocycles. The molecule has 1 aromatic rings. The predicted molar refractivity (Wildman–Crippen MR) is 72.1 cm³/mol. The Morgan fingerprint density at radius 3 is 2.53 bits per heavy atom. The van der Waals surface area contributed by atoms with Gasteiger partial charge in [-0.15, -0.1) is 0 Å². The van der Waals surface area contributed by atoms with E-state index in [9.17, 15) is 9.59 Å². The monoisotopic (exact) mass is 262 g/mol. The molecule has 0 radical (unpaired) electrons. The van der Waals surface area contributed by atoms with E-state index < -0.39 is 11.8 Å². The van der Waals surface area contributed by atoms with Crippen molar-refractivity contribution in [1.29, 1.82) is 0 Å². The highest BCUT2D eigenvalue weighted by Gasteiger charge is 2.23. The first kappa shape index (κ1) is 13.4. The number of likely N-dealkylation sites (tertiary alicyclic amines) is 1. The molecule has 0 atom stereocenters. The Kier molecular flexibility index (Phi) is 4.39. The lowest BCUT2D eigenvalue weighted by Crippen LogP contribution is -2.42. The largest absolute Gasteiger partial charge is 0.495 e. The number of para-hydroxylation sites is 2. The van der Waals surface area contributed by atoms with Crippen LogP contribution in [-0.4, -0.2) is 36.9 Å². The summed E-state index contributed by atoms with van der Waals surface area (Å²) < 4.78 is 5.13. The van der Waals surface area contributed by atoms with Crippen LogP contribution in [0.25, 0.3) is 0 Å². The van der Waals surface area contributed by atoms with Crippen molar-refractivity contribution in [2.75, 3.05) is 25.5 Å². The topological polar surface area (TPSA) is 58.6 Å². The minimum absolute atomic E-state index is 0.467. The van der Waals surface area contributed by atoms with Gasteiger partial charge < -0.3 is 15.0 Å². The zero-order valence-corrected chi connectivity index (χ0v) is 11.0. The summed E-state index contributed by atoms with van der Waals surface area (Å²) in [6.07, 6.45) is 3.05. The van der Waals surface area contributed by atoms with Crippen LogP contribution in [0.1, 0.15) is 19.3 Å². The number of hydrogen-bond acceptors (Lipinski definition) is 3. The van der Waals surface area contributed by atoms with Gasteiger partial charge >= 0.3 is 11.8 Å². The summed E-state index contributed by atoms with van der Waals surface area (Å²) in [5.74, 6) is -0.528. The lowest BCUT2D eigenvalue weighted by atomic mass is 10.1. The average molecular weight is 262 g/mol. The lowest BCUT2D eigenvalue weighted by Gasteiger charge is -2.26. The van der Waals surface area contributed by atoms with Crippen LogP contribution in [0.5, 0.6) is 5.75 Å². The van der Waals surface area contributed by atoms with E-state index in [0.29, 0.717) is 24.5 Å². The van der Waals surface area contributed by atoms with Gasteiger partial charge in [0.15, 0.2) is 0 Å². The summed E-state index contributed by atoms with van der Waals surface area (Å²) in [7, 11) is 1.53. The number of carbonyl (C=O) groups is 2. The Hall–Kier alpha value is -2.04. The van der Waals surface area contributed by atoms with Crippen LogP contribution in [-0.2, 0) is 9.59 Å². The van der Waals surface area contributed by atoms with Crippen molar-refractivity contribution in [2.24, 2.45) is 0 Å². The molecular formula is C14H18N2O3. The molecule has 0 aromatic heterocycles. The standard InChI is InChI=1S/C14H18N2O3/c1-19-12-8-4-3-7-11(12)15-13(17)14(18)16-9-5-2-6-10-16/h3-4,7-8H,2,5-6,9-10H2,1H3,(H,15,17). The normalized spacial score (nSPS) is 14.9. The Balaban J connectivity index is 2.01. The van der Waals surface area contributed by atoms with Gasteiger partial charge in [-0.1, -0.05) is 12.1 Å². The highest BCUT2D eigenvalue weighted by Crippen LogP contribution is 2.23. The fourth-order valence-corrected chi connectivity index (χ4v) is 2.16. The van der Waals surface area contributed by atoms with Gasteiger partial charge in [-0.05, 0) is 31.4 Å². The Morgan fingerprint density at radius 2 is 1.84 bits per heavy atom. The van der Waals surface area contributed by atoms with Crippen LogP contribution >= 0.6 is 0 Å². The van der Waals surface area contributed by atoms with Gasteiger partial charge in [-0.3, -0.25) is 9.59 Å². The third-order valence-electron chi connectivity index (χ3n) is 3.19. The Labute approximate surface area is 112 Å². The third kappa shape index (κ3) is 3.24. The fourth-order valence-electron chi connectivity index (χ4n) is 2.16. The smallest absolute Gasteiger partial charge is 0.314 e. The van der Waals surface area contributed by atoms with E-state index in [1.54, 1.807) is 29.2 Å². The highest BCUT2D eigenvalue weighted by atomic mass is 16.5. The van der Waals surface area contributed by atoms with Crippen molar-refractivity contribution < 1.29 is 14.3 Å². The molecule has 5 heteroatoms. The first-order valence-electron chi connectivity index (χ1n) is 6.45. The number of rotatable bonds is 2. The number of anilines is 1. The molecule has 19 heavy (non-hydrogen) atoms. The van der Waals surface area contributed by atoms with E-state index in [-0.39, 0.29) is 0 Å². The summed E-state index contributed by atoms with van der Waals surface area (Å²) in [6.45, 7) is 1.33. The molecule has 0 bridgehead atoms. The Bertz CT molecular complexity index is 468. The number of amides is 2. The number of nitrogens with zero attached hydrogens (tertiary/aromatic N) is 1. The number of hydrogen-bond donors (Lipinski definition) is 1. The van der Waals surface area contributed by atoms with Crippen LogP contribution in [0, 0.1) is 0 Å². The second kappa shape index (κ2) is 6.22. The van der Waals surface area contributed by atoms with Crippen LogP contribution in [0.3, 0.4) is 0 Å². The van der Waals surface area contributed by atoms with Crippen molar-refractivity contribution in [1.82, 2.24) is 4.90 Å². The average Bonchev–Trinajstić information content (AvgIpc) is 2.48. The second-order valence-electron chi connectivity index (χ2n) is 4.51. The van der Waals surface area contributed by atoms with E-state index in [4.69, 9.17) is 4.74 Å². The number of nitrogens with one attached hydrogen (secondary N) is 1. The van der Waals surface area contributed by atoms with Crippen molar-refractivity contribution in [3.05, 3.63) is 24.3 Å². The summed E-state index contributed by atoms with van der Waals surface area (Å²) >= 11 is 0. The summed E-state index contributed by atoms with van der Waals surface area (Å²) in [5.41, 5.74) is 0.514. The minimum Gasteiger partial charge on any atom is -0.495 e. The van der Waals surface area contributed by atoms with Gasteiger partial charge in [-0.2, -0.15) is 0 Å².